The van der Waals surface area contributed by atoms with Crippen LogP contribution in [0.1, 0.15) is 63.7 Å². The molecule has 0 spiro atoms. The highest BCUT2D eigenvalue weighted by molar-refractivity contribution is 5.97. The van der Waals surface area contributed by atoms with Crippen LogP contribution in [0.4, 0.5) is 31.5 Å². The van der Waals surface area contributed by atoms with E-state index in [-0.39, 0.29) is 5.56 Å². The molecule has 0 unspecified atom stereocenters. The number of anilines is 4. The summed E-state index contributed by atoms with van der Waals surface area (Å²) in [5.41, 5.74) is 7.66. The van der Waals surface area contributed by atoms with Crippen LogP contribution in [0.25, 0.3) is 22.5 Å². The van der Waals surface area contributed by atoms with Crippen LogP contribution in [-0.4, -0.2) is 42.6 Å². The summed E-state index contributed by atoms with van der Waals surface area (Å²) >= 11 is 0. The van der Waals surface area contributed by atoms with Gasteiger partial charge < -0.3 is 20.5 Å². The fourth-order valence-corrected chi connectivity index (χ4v) is 5.51. The van der Waals surface area contributed by atoms with Crippen molar-refractivity contribution in [3.63, 3.8) is 0 Å². The van der Waals surface area contributed by atoms with Gasteiger partial charge in [-0.3, -0.25) is 19.9 Å². The van der Waals surface area contributed by atoms with Gasteiger partial charge in [-0.25, -0.2) is 18.4 Å². The van der Waals surface area contributed by atoms with Gasteiger partial charge in [0.15, 0.2) is 11.6 Å². The average molecular weight is 731 g/mol. The van der Waals surface area contributed by atoms with Crippen LogP contribution in [-0.2, 0) is 4.74 Å². The van der Waals surface area contributed by atoms with E-state index < -0.39 is 29.2 Å². The van der Waals surface area contributed by atoms with E-state index in [0.29, 0.717) is 50.8 Å². The predicted molar refractivity (Wildman–Crippen MR) is 205 cm³/mol. The van der Waals surface area contributed by atoms with Gasteiger partial charge in [0.1, 0.15) is 5.60 Å². The van der Waals surface area contributed by atoms with Gasteiger partial charge in [0.05, 0.1) is 70.1 Å². The summed E-state index contributed by atoms with van der Waals surface area (Å²) in [5, 5.41) is 15.6. The lowest BCUT2D eigenvalue weighted by Gasteiger charge is -2.21. The quantitative estimate of drug-likeness (QED) is 0.130. The highest BCUT2D eigenvalue weighted by Gasteiger charge is 2.21. The van der Waals surface area contributed by atoms with E-state index in [0.717, 1.165) is 28.5 Å². The van der Waals surface area contributed by atoms with E-state index in [9.17, 15) is 23.5 Å². The normalized spacial score (nSPS) is 10.9. The van der Waals surface area contributed by atoms with E-state index in [2.05, 4.69) is 30.6 Å². The standard InChI is InChI=1S/C23H24FN3O2.C19H16FN3O2/c1-14-6-7-20(18(10-14)22(28)29-23(3,4)5)27-16-11-15(2)21(26-12-16)17-8-9-25-13-19(17)24;1-11-3-4-17(15(7-11)19(24)25)23-13-8-12(2)18(22-9-13)14-5-6-21-10-16(14)20/h6-13,27H,1-5H3;3-10,23H,1-2H3,(H,24,25). The molecule has 276 valence electrons. The SMILES string of the molecule is Cc1ccc(Nc2cnc(-c3ccncc3F)c(C)c2)c(C(=O)O)c1.Cc1ccc(Nc2cnc(-c3ccncc3F)c(C)c2)c(C(=O)OC(C)(C)C)c1. The second kappa shape index (κ2) is 16.4. The molecule has 0 aliphatic carbocycles. The number of esters is 1. The molecule has 54 heavy (non-hydrogen) atoms. The first-order valence-electron chi connectivity index (χ1n) is 16.9. The molecule has 4 heterocycles. The molecule has 0 atom stereocenters. The number of nitrogens with zero attached hydrogens (tertiary/aromatic N) is 4. The summed E-state index contributed by atoms with van der Waals surface area (Å²) in [6.07, 6.45) is 8.52. The van der Waals surface area contributed by atoms with E-state index >= 15 is 0 Å². The number of carbonyl (C=O) groups excluding carboxylic acids is 1. The van der Waals surface area contributed by atoms with Crippen molar-refractivity contribution >= 4 is 34.7 Å². The topological polar surface area (TPSA) is 139 Å². The van der Waals surface area contributed by atoms with Crippen molar-refractivity contribution in [2.45, 2.75) is 54.1 Å². The fraction of sp³-hybridized carbons (Fsp3) is 0.190. The molecular formula is C42H40F2N6O4. The molecular weight excluding hydrogens is 690 g/mol. The highest BCUT2D eigenvalue weighted by Crippen LogP contribution is 2.30. The highest BCUT2D eigenvalue weighted by atomic mass is 19.1. The summed E-state index contributed by atoms with van der Waals surface area (Å²) in [7, 11) is 0. The number of aryl methyl sites for hydroxylation is 4. The maximum atomic E-state index is 14.0. The predicted octanol–water partition coefficient (Wildman–Crippen LogP) is 9.94. The average Bonchev–Trinajstić information content (AvgIpc) is 3.10. The molecule has 0 aliphatic rings. The smallest absolute Gasteiger partial charge is 0.340 e. The Morgan fingerprint density at radius 1 is 0.648 bits per heavy atom. The van der Waals surface area contributed by atoms with E-state index in [1.807, 2.05) is 72.7 Å². The van der Waals surface area contributed by atoms with Gasteiger partial charge >= 0.3 is 11.9 Å². The summed E-state index contributed by atoms with van der Waals surface area (Å²) in [6.45, 7) is 12.9. The Morgan fingerprint density at radius 3 is 1.50 bits per heavy atom. The van der Waals surface area contributed by atoms with Crippen molar-refractivity contribution in [3.8, 4) is 22.5 Å². The molecule has 6 rings (SSSR count). The molecule has 4 aromatic heterocycles. The second-order valence-electron chi connectivity index (χ2n) is 13.6. The maximum absolute atomic E-state index is 14.0. The minimum atomic E-state index is -1.01. The molecule has 0 radical (unpaired) electrons. The third kappa shape index (κ3) is 9.65. The number of hydrogen-bond acceptors (Lipinski definition) is 9. The molecule has 0 fully saturated rings. The summed E-state index contributed by atoms with van der Waals surface area (Å²) < 4.78 is 33.5. The van der Waals surface area contributed by atoms with Gasteiger partial charge in [-0.1, -0.05) is 23.3 Å². The number of halogens is 2. The minimum Gasteiger partial charge on any atom is -0.478 e. The molecule has 3 N–H and O–H groups in total. The first kappa shape index (κ1) is 38.7. The third-order valence-electron chi connectivity index (χ3n) is 7.97. The third-order valence-corrected chi connectivity index (χ3v) is 7.97. The number of aromatic carboxylic acids is 1. The van der Waals surface area contributed by atoms with Crippen LogP contribution in [0.2, 0.25) is 0 Å². The van der Waals surface area contributed by atoms with Crippen LogP contribution in [0.3, 0.4) is 0 Å². The summed E-state index contributed by atoms with van der Waals surface area (Å²) in [4.78, 5) is 40.3. The molecule has 10 nitrogen and oxygen atoms in total. The van der Waals surface area contributed by atoms with Crippen LogP contribution in [0, 0.1) is 39.3 Å². The molecule has 0 saturated heterocycles. The zero-order chi connectivity index (χ0) is 39.2. The van der Waals surface area contributed by atoms with Crippen molar-refractivity contribution in [3.05, 3.63) is 143 Å². The Hall–Kier alpha value is -6.56. The Bertz CT molecular complexity index is 2340. The van der Waals surface area contributed by atoms with Crippen LogP contribution < -0.4 is 10.6 Å². The van der Waals surface area contributed by atoms with Crippen LogP contribution in [0.5, 0.6) is 0 Å². The molecule has 2 aromatic carbocycles. The molecule has 0 saturated carbocycles. The number of aromatic nitrogens is 4. The van der Waals surface area contributed by atoms with Gasteiger partial charge in [0.25, 0.3) is 0 Å². The van der Waals surface area contributed by atoms with Gasteiger partial charge in [0, 0.05) is 23.5 Å². The molecule has 0 bridgehead atoms. The Kier molecular flexibility index (Phi) is 11.8. The number of pyridine rings is 4. The minimum absolute atomic E-state index is 0.182. The molecule has 0 aliphatic heterocycles. The molecule has 12 heteroatoms. The number of carbonyl (C=O) groups is 2. The molecule has 6 aromatic rings. The lowest BCUT2D eigenvalue weighted by Crippen LogP contribution is -2.24. The largest absolute Gasteiger partial charge is 0.478 e. The number of nitrogens with one attached hydrogen (secondary N) is 2. The Morgan fingerprint density at radius 2 is 1.09 bits per heavy atom. The summed E-state index contributed by atoms with van der Waals surface area (Å²) in [5.74, 6) is -2.27. The van der Waals surface area contributed by atoms with Gasteiger partial charge in [-0.15, -0.1) is 0 Å². The van der Waals surface area contributed by atoms with Crippen molar-refractivity contribution in [1.82, 2.24) is 19.9 Å². The monoisotopic (exact) mass is 730 g/mol. The summed E-state index contributed by atoms with van der Waals surface area (Å²) in [6, 6.07) is 17.5. The molecule has 0 amide bonds. The lowest BCUT2D eigenvalue weighted by molar-refractivity contribution is 0.00703. The number of rotatable bonds is 8. The van der Waals surface area contributed by atoms with Gasteiger partial charge in [-0.05, 0) is 108 Å². The number of hydrogen-bond donors (Lipinski definition) is 3. The number of benzene rings is 2. The zero-order valence-electron chi connectivity index (χ0n) is 31.0. The van der Waals surface area contributed by atoms with E-state index in [4.69, 9.17) is 4.74 Å². The second-order valence-corrected chi connectivity index (χ2v) is 13.6. The Labute approximate surface area is 312 Å². The fourth-order valence-electron chi connectivity index (χ4n) is 5.51. The van der Waals surface area contributed by atoms with Gasteiger partial charge in [0.2, 0.25) is 0 Å². The van der Waals surface area contributed by atoms with Crippen molar-refractivity contribution < 1.29 is 28.2 Å². The van der Waals surface area contributed by atoms with E-state index in [1.54, 1.807) is 48.8 Å². The number of carboxylic acids is 1. The van der Waals surface area contributed by atoms with Crippen molar-refractivity contribution in [2.75, 3.05) is 10.6 Å². The van der Waals surface area contributed by atoms with Crippen LogP contribution in [0.15, 0.2) is 97.8 Å². The van der Waals surface area contributed by atoms with Crippen molar-refractivity contribution in [1.29, 1.82) is 0 Å². The maximum Gasteiger partial charge on any atom is 0.340 e. The first-order chi connectivity index (χ1) is 25.6. The number of carboxylic acid groups (broad SMARTS) is 1. The van der Waals surface area contributed by atoms with Crippen molar-refractivity contribution in [2.24, 2.45) is 0 Å². The van der Waals surface area contributed by atoms with Gasteiger partial charge in [-0.2, -0.15) is 0 Å². The number of ether oxygens (including phenoxy) is 1. The zero-order valence-corrected chi connectivity index (χ0v) is 31.0. The van der Waals surface area contributed by atoms with Crippen LogP contribution >= 0.6 is 0 Å². The van der Waals surface area contributed by atoms with E-state index in [1.165, 1.54) is 18.6 Å². The lowest BCUT2D eigenvalue weighted by atomic mass is 10.1. The Balaban J connectivity index is 0.000000210. The first-order valence-corrected chi connectivity index (χ1v) is 16.9.